The molecule has 0 radical (unpaired) electrons. The second-order valence-electron chi connectivity index (χ2n) is 2.44. The summed E-state index contributed by atoms with van der Waals surface area (Å²) >= 11 is 0. The third-order valence-corrected chi connectivity index (χ3v) is 1.56. The van der Waals surface area contributed by atoms with Crippen LogP contribution in [0.15, 0.2) is 30.3 Å². The van der Waals surface area contributed by atoms with Crippen molar-refractivity contribution in [2.45, 2.75) is 0 Å². The number of hydrazine groups is 1. The zero-order valence-electron chi connectivity index (χ0n) is 8.06. The highest BCUT2D eigenvalue weighted by molar-refractivity contribution is 5.93. The smallest absolute Gasteiger partial charge is 0.283 e. The van der Waals surface area contributed by atoms with E-state index in [4.69, 9.17) is 4.84 Å². The lowest BCUT2D eigenvalue weighted by Gasteiger charge is -2.18. The lowest BCUT2D eigenvalue weighted by Crippen LogP contribution is -2.41. The molecule has 1 aromatic rings. The van der Waals surface area contributed by atoms with Gasteiger partial charge >= 0.3 is 0 Å². The Hall–Kier alpha value is -1.43. The molecule has 0 atom stereocenters. The summed E-state index contributed by atoms with van der Waals surface area (Å²) < 4.78 is 0. The molecule has 0 aliphatic rings. The number of carbonyl (C=O) groups excluding carboxylic acids is 1. The van der Waals surface area contributed by atoms with Gasteiger partial charge in [-0.1, -0.05) is 23.8 Å². The summed E-state index contributed by atoms with van der Waals surface area (Å²) in [4.78, 5) is 20.9. The second kappa shape index (κ2) is 5.33. The van der Waals surface area contributed by atoms with Gasteiger partial charge in [-0.15, -0.1) is 5.17 Å². The van der Waals surface area contributed by atoms with Gasteiger partial charge in [-0.2, -0.15) is 0 Å². The number of nitrogens with zero attached hydrogens (tertiary/aromatic N) is 1. The fourth-order valence-electron chi connectivity index (χ4n) is 0.943. The summed E-state index contributed by atoms with van der Waals surface area (Å²) in [6, 6.07) is 8.75. The summed E-state index contributed by atoms with van der Waals surface area (Å²) in [5.41, 5.74) is 2.80. The minimum absolute atomic E-state index is 0.324. The van der Waals surface area contributed by atoms with Gasteiger partial charge in [0.05, 0.1) is 14.2 Å². The van der Waals surface area contributed by atoms with Crippen LogP contribution in [0.5, 0.6) is 0 Å². The van der Waals surface area contributed by atoms with Crippen LogP contribution >= 0.6 is 0 Å². The van der Waals surface area contributed by atoms with E-state index in [1.54, 1.807) is 24.3 Å². The molecule has 0 saturated carbocycles. The van der Waals surface area contributed by atoms with E-state index < -0.39 is 0 Å². The maximum absolute atomic E-state index is 11.6. The van der Waals surface area contributed by atoms with Crippen molar-refractivity contribution >= 4 is 5.91 Å². The lowest BCUT2D eigenvalue weighted by atomic mass is 10.2. The SMILES string of the molecule is CONN(OC)C(=O)c1ccccc1. The van der Waals surface area contributed by atoms with E-state index >= 15 is 0 Å². The van der Waals surface area contributed by atoms with Crippen LogP contribution in [0.1, 0.15) is 10.4 Å². The molecular formula is C9H12N2O3. The molecule has 0 spiro atoms. The Kier molecular flexibility index (Phi) is 4.06. The van der Waals surface area contributed by atoms with Crippen LogP contribution in [0.25, 0.3) is 0 Å². The van der Waals surface area contributed by atoms with Crippen molar-refractivity contribution in [1.82, 2.24) is 10.8 Å². The molecule has 0 unspecified atom stereocenters. The van der Waals surface area contributed by atoms with E-state index in [2.05, 4.69) is 10.4 Å². The highest BCUT2D eigenvalue weighted by atomic mass is 16.8. The molecule has 0 fully saturated rings. The van der Waals surface area contributed by atoms with Gasteiger partial charge in [-0.25, -0.2) is 0 Å². The van der Waals surface area contributed by atoms with E-state index in [0.717, 1.165) is 5.17 Å². The van der Waals surface area contributed by atoms with Crippen LogP contribution in [0.2, 0.25) is 0 Å². The van der Waals surface area contributed by atoms with Crippen molar-refractivity contribution in [2.75, 3.05) is 14.2 Å². The van der Waals surface area contributed by atoms with E-state index in [0.29, 0.717) is 5.56 Å². The first kappa shape index (κ1) is 10.6. The summed E-state index contributed by atoms with van der Waals surface area (Å²) in [6.07, 6.45) is 0. The van der Waals surface area contributed by atoms with Gasteiger partial charge in [0.1, 0.15) is 0 Å². The number of rotatable bonds is 4. The van der Waals surface area contributed by atoms with Crippen LogP contribution in [0.4, 0.5) is 0 Å². The Morgan fingerprint density at radius 1 is 1.29 bits per heavy atom. The standard InChI is InChI=1S/C9H12N2O3/c1-13-10-11(14-2)9(12)8-6-4-3-5-7-8/h3-7,10H,1-2H3. The Labute approximate surface area is 82.1 Å². The summed E-state index contributed by atoms with van der Waals surface area (Å²) in [5.74, 6) is -0.324. The summed E-state index contributed by atoms with van der Waals surface area (Å²) in [7, 11) is 2.76. The molecule has 0 saturated heterocycles. The largest absolute Gasteiger partial charge is 0.294 e. The number of nitrogens with one attached hydrogen (secondary N) is 1. The number of benzene rings is 1. The minimum atomic E-state index is -0.324. The van der Waals surface area contributed by atoms with Gasteiger partial charge in [-0.05, 0) is 12.1 Å². The van der Waals surface area contributed by atoms with Crippen molar-refractivity contribution < 1.29 is 14.5 Å². The molecule has 0 heterocycles. The van der Waals surface area contributed by atoms with Crippen LogP contribution in [0, 0.1) is 0 Å². The number of hydrogen-bond acceptors (Lipinski definition) is 4. The number of hydroxylamine groups is 1. The fraction of sp³-hybridized carbons (Fsp3) is 0.222. The zero-order valence-corrected chi connectivity index (χ0v) is 8.06. The van der Waals surface area contributed by atoms with Gasteiger partial charge in [-0.3, -0.25) is 14.5 Å². The Bertz CT molecular complexity index is 289. The maximum Gasteiger partial charge on any atom is 0.294 e. The predicted molar refractivity (Wildman–Crippen MR) is 49.8 cm³/mol. The van der Waals surface area contributed by atoms with Crippen LogP contribution in [-0.4, -0.2) is 25.3 Å². The van der Waals surface area contributed by atoms with Crippen molar-refractivity contribution in [1.29, 1.82) is 0 Å². The van der Waals surface area contributed by atoms with Gasteiger partial charge in [0.2, 0.25) is 0 Å². The van der Waals surface area contributed by atoms with Crippen molar-refractivity contribution in [3.63, 3.8) is 0 Å². The minimum Gasteiger partial charge on any atom is -0.283 e. The molecule has 1 aromatic carbocycles. The van der Waals surface area contributed by atoms with Gasteiger partial charge in [0, 0.05) is 5.56 Å². The number of amides is 1. The molecule has 14 heavy (non-hydrogen) atoms. The predicted octanol–water partition coefficient (Wildman–Crippen LogP) is 0.756. The number of carbonyl (C=O) groups is 1. The molecule has 1 amide bonds. The molecular weight excluding hydrogens is 184 g/mol. The average Bonchev–Trinajstić information content (AvgIpc) is 2.26. The van der Waals surface area contributed by atoms with Crippen LogP contribution < -0.4 is 5.59 Å². The summed E-state index contributed by atoms with van der Waals surface area (Å²) in [6.45, 7) is 0. The van der Waals surface area contributed by atoms with Crippen LogP contribution in [0.3, 0.4) is 0 Å². The normalized spacial score (nSPS) is 9.86. The van der Waals surface area contributed by atoms with E-state index in [9.17, 15) is 4.79 Å². The van der Waals surface area contributed by atoms with Crippen molar-refractivity contribution in [3.8, 4) is 0 Å². The van der Waals surface area contributed by atoms with Crippen molar-refractivity contribution in [2.24, 2.45) is 0 Å². The first-order valence-corrected chi connectivity index (χ1v) is 4.02. The molecule has 1 N–H and O–H groups in total. The molecule has 0 aromatic heterocycles. The van der Waals surface area contributed by atoms with Gasteiger partial charge in [0.25, 0.3) is 5.91 Å². The monoisotopic (exact) mass is 196 g/mol. The maximum atomic E-state index is 11.6. The van der Waals surface area contributed by atoms with Crippen LogP contribution in [-0.2, 0) is 9.68 Å². The quantitative estimate of drug-likeness (QED) is 0.722. The third kappa shape index (κ3) is 2.53. The molecule has 76 valence electrons. The first-order valence-electron chi connectivity index (χ1n) is 4.02. The second-order valence-corrected chi connectivity index (χ2v) is 2.44. The Balaban J connectivity index is 2.73. The Morgan fingerprint density at radius 2 is 1.93 bits per heavy atom. The molecule has 1 rings (SSSR count). The van der Waals surface area contributed by atoms with Gasteiger partial charge in [0.15, 0.2) is 0 Å². The van der Waals surface area contributed by atoms with E-state index in [-0.39, 0.29) is 5.91 Å². The molecule has 0 bridgehead atoms. The van der Waals surface area contributed by atoms with E-state index in [1.807, 2.05) is 6.07 Å². The third-order valence-electron chi connectivity index (χ3n) is 1.56. The van der Waals surface area contributed by atoms with E-state index in [1.165, 1.54) is 14.2 Å². The molecule has 0 aliphatic carbocycles. The molecule has 0 aliphatic heterocycles. The molecule has 5 nitrogen and oxygen atoms in total. The zero-order chi connectivity index (χ0) is 10.4. The highest BCUT2D eigenvalue weighted by Crippen LogP contribution is 2.02. The fourth-order valence-corrected chi connectivity index (χ4v) is 0.943. The summed E-state index contributed by atoms with van der Waals surface area (Å²) in [5, 5.41) is 0.898. The lowest BCUT2D eigenvalue weighted by molar-refractivity contribution is -0.211. The van der Waals surface area contributed by atoms with Gasteiger partial charge < -0.3 is 0 Å². The number of hydrogen-bond donors (Lipinski definition) is 1. The Morgan fingerprint density at radius 3 is 2.43 bits per heavy atom. The average molecular weight is 196 g/mol. The van der Waals surface area contributed by atoms with Crippen molar-refractivity contribution in [3.05, 3.63) is 35.9 Å². The molecule has 5 heteroatoms. The first-order chi connectivity index (χ1) is 6.79. The topological polar surface area (TPSA) is 50.8 Å². The highest BCUT2D eigenvalue weighted by Gasteiger charge is 2.14.